The average Bonchev–Trinajstić information content (AvgIpc) is 2.74. The summed E-state index contributed by atoms with van der Waals surface area (Å²) in [5.41, 5.74) is 0.676. The van der Waals surface area contributed by atoms with Crippen LogP contribution in [0, 0.1) is 6.92 Å². The lowest BCUT2D eigenvalue weighted by Gasteiger charge is -2.07. The summed E-state index contributed by atoms with van der Waals surface area (Å²) >= 11 is 1.47. The maximum absolute atomic E-state index is 11.6. The van der Waals surface area contributed by atoms with E-state index in [1.807, 2.05) is 6.92 Å². The van der Waals surface area contributed by atoms with E-state index in [9.17, 15) is 14.4 Å². The second-order valence-corrected chi connectivity index (χ2v) is 4.83. The van der Waals surface area contributed by atoms with Crippen molar-refractivity contribution in [2.24, 2.45) is 0 Å². The normalized spacial score (nSPS) is 19.2. The largest absolute Gasteiger partial charge is 0.343 e. The summed E-state index contributed by atoms with van der Waals surface area (Å²) in [6.45, 7) is 1.86. The van der Waals surface area contributed by atoms with E-state index in [0.717, 1.165) is 5.01 Å². The second-order valence-electron chi connectivity index (χ2n) is 3.77. The van der Waals surface area contributed by atoms with Gasteiger partial charge in [-0.3, -0.25) is 19.7 Å². The van der Waals surface area contributed by atoms with Crippen molar-refractivity contribution in [2.45, 2.75) is 25.8 Å². The van der Waals surface area contributed by atoms with Crippen LogP contribution in [0.25, 0.3) is 0 Å². The Balaban J connectivity index is 1.89. The molecular formula is C10H11N3O3S. The van der Waals surface area contributed by atoms with Crippen molar-refractivity contribution in [1.82, 2.24) is 15.6 Å². The zero-order valence-corrected chi connectivity index (χ0v) is 9.97. The Morgan fingerprint density at radius 2 is 2.41 bits per heavy atom. The van der Waals surface area contributed by atoms with Gasteiger partial charge in [0, 0.05) is 5.38 Å². The van der Waals surface area contributed by atoms with Crippen LogP contribution in [0.4, 0.5) is 0 Å². The number of amides is 3. The van der Waals surface area contributed by atoms with Crippen LogP contribution in [0.15, 0.2) is 5.38 Å². The van der Waals surface area contributed by atoms with E-state index < -0.39 is 11.9 Å². The van der Waals surface area contributed by atoms with Gasteiger partial charge in [0.15, 0.2) is 0 Å². The second kappa shape index (κ2) is 4.62. The number of hydrogen-bond acceptors (Lipinski definition) is 5. The Kier molecular flexibility index (Phi) is 3.19. The number of hydrogen-bond donors (Lipinski definition) is 2. The van der Waals surface area contributed by atoms with Crippen LogP contribution in [-0.4, -0.2) is 28.7 Å². The number of aromatic nitrogens is 1. The maximum atomic E-state index is 11.6. The monoisotopic (exact) mass is 253 g/mol. The molecule has 1 aromatic heterocycles. The number of carbonyl (C=O) groups is 3. The Bertz CT molecular complexity index is 483. The molecule has 7 heteroatoms. The Morgan fingerprint density at radius 1 is 1.65 bits per heavy atom. The van der Waals surface area contributed by atoms with Crippen molar-refractivity contribution in [3.05, 3.63) is 16.1 Å². The zero-order chi connectivity index (χ0) is 12.4. The van der Waals surface area contributed by atoms with Gasteiger partial charge in [-0.15, -0.1) is 11.3 Å². The molecule has 1 aliphatic rings. The summed E-state index contributed by atoms with van der Waals surface area (Å²) in [5, 5.41) is 7.33. The van der Waals surface area contributed by atoms with Crippen molar-refractivity contribution in [3.8, 4) is 0 Å². The molecule has 0 bridgehead atoms. The maximum Gasteiger partial charge on any atom is 0.249 e. The minimum absolute atomic E-state index is 0.0146. The lowest BCUT2D eigenvalue weighted by atomic mass is 10.2. The van der Waals surface area contributed by atoms with Crippen molar-refractivity contribution in [2.75, 3.05) is 0 Å². The number of carbonyl (C=O) groups excluding carboxylic acids is 3. The molecule has 1 aromatic rings. The number of nitrogens with one attached hydrogen (secondary N) is 2. The Morgan fingerprint density at radius 3 is 2.94 bits per heavy atom. The molecule has 2 heterocycles. The van der Waals surface area contributed by atoms with Gasteiger partial charge < -0.3 is 5.32 Å². The molecule has 1 fully saturated rings. The molecular weight excluding hydrogens is 242 g/mol. The first-order chi connectivity index (χ1) is 8.04. The molecule has 0 aliphatic carbocycles. The van der Waals surface area contributed by atoms with Gasteiger partial charge in [0.05, 0.1) is 23.5 Å². The lowest BCUT2D eigenvalue weighted by Crippen LogP contribution is -2.40. The van der Waals surface area contributed by atoms with Gasteiger partial charge in [-0.2, -0.15) is 0 Å². The number of thiazole rings is 1. The zero-order valence-electron chi connectivity index (χ0n) is 9.15. The van der Waals surface area contributed by atoms with Crippen molar-refractivity contribution in [1.29, 1.82) is 0 Å². The first kappa shape index (κ1) is 11.7. The predicted octanol–water partition coefficient (Wildman–Crippen LogP) is -0.475. The van der Waals surface area contributed by atoms with E-state index in [0.29, 0.717) is 5.69 Å². The van der Waals surface area contributed by atoms with Gasteiger partial charge in [0.25, 0.3) is 0 Å². The van der Waals surface area contributed by atoms with Gasteiger partial charge >= 0.3 is 0 Å². The summed E-state index contributed by atoms with van der Waals surface area (Å²) < 4.78 is 0. The van der Waals surface area contributed by atoms with Crippen molar-refractivity contribution < 1.29 is 14.4 Å². The topological polar surface area (TPSA) is 88.2 Å². The van der Waals surface area contributed by atoms with Gasteiger partial charge in [-0.1, -0.05) is 0 Å². The molecule has 0 aromatic carbocycles. The first-order valence-corrected chi connectivity index (χ1v) is 5.96. The minimum atomic E-state index is -0.741. The summed E-state index contributed by atoms with van der Waals surface area (Å²) in [7, 11) is 0. The van der Waals surface area contributed by atoms with E-state index in [-0.39, 0.29) is 24.7 Å². The predicted molar refractivity (Wildman–Crippen MR) is 60.3 cm³/mol. The smallest absolute Gasteiger partial charge is 0.249 e. The van der Waals surface area contributed by atoms with Crippen molar-refractivity contribution >= 4 is 29.1 Å². The fraction of sp³-hybridized carbons (Fsp3) is 0.400. The molecule has 0 radical (unpaired) electrons. The highest BCUT2D eigenvalue weighted by atomic mass is 32.1. The van der Waals surface area contributed by atoms with Gasteiger partial charge in [-0.25, -0.2) is 4.98 Å². The van der Waals surface area contributed by atoms with E-state index >= 15 is 0 Å². The van der Waals surface area contributed by atoms with Gasteiger partial charge in [0.1, 0.15) is 6.04 Å². The molecule has 1 atom stereocenters. The molecule has 1 aliphatic heterocycles. The van der Waals surface area contributed by atoms with Crippen LogP contribution >= 0.6 is 11.3 Å². The fourth-order valence-electron chi connectivity index (χ4n) is 1.57. The molecule has 2 N–H and O–H groups in total. The number of imide groups is 1. The fourth-order valence-corrected chi connectivity index (χ4v) is 2.18. The average molecular weight is 253 g/mol. The first-order valence-electron chi connectivity index (χ1n) is 5.08. The third-order valence-corrected chi connectivity index (χ3v) is 3.13. The SMILES string of the molecule is Cc1nc(CC(=O)NC2CC(=O)NC2=O)cs1. The summed E-state index contributed by atoms with van der Waals surface area (Å²) in [6.07, 6.45) is 0.142. The minimum Gasteiger partial charge on any atom is -0.343 e. The number of nitrogens with zero attached hydrogens (tertiary/aromatic N) is 1. The molecule has 90 valence electrons. The third kappa shape index (κ3) is 2.88. The summed E-state index contributed by atoms with van der Waals surface area (Å²) in [4.78, 5) is 37.9. The van der Waals surface area contributed by atoms with E-state index in [1.165, 1.54) is 11.3 Å². The molecule has 2 rings (SSSR count). The number of rotatable bonds is 3. The molecule has 3 amide bonds. The van der Waals surface area contributed by atoms with Crippen LogP contribution in [0.5, 0.6) is 0 Å². The quantitative estimate of drug-likeness (QED) is 0.712. The van der Waals surface area contributed by atoms with E-state index in [4.69, 9.17) is 0 Å². The molecule has 0 saturated carbocycles. The van der Waals surface area contributed by atoms with Crippen molar-refractivity contribution in [3.63, 3.8) is 0 Å². The lowest BCUT2D eigenvalue weighted by molar-refractivity contribution is -0.128. The van der Waals surface area contributed by atoms with Gasteiger partial charge in [-0.05, 0) is 6.92 Å². The molecule has 1 unspecified atom stereocenters. The standard InChI is InChI=1S/C10H11N3O3S/c1-5-11-6(4-17-5)2-8(14)12-7-3-9(15)13-10(7)16/h4,7H,2-3H2,1H3,(H,12,14)(H,13,15,16). The summed E-state index contributed by atoms with van der Waals surface area (Å²) in [5.74, 6) is -1.10. The molecule has 17 heavy (non-hydrogen) atoms. The van der Waals surface area contributed by atoms with Gasteiger partial charge in [0.2, 0.25) is 17.7 Å². The van der Waals surface area contributed by atoms with Crippen LogP contribution < -0.4 is 10.6 Å². The number of aryl methyl sites for hydroxylation is 1. The highest BCUT2D eigenvalue weighted by Gasteiger charge is 2.31. The third-order valence-electron chi connectivity index (χ3n) is 2.31. The highest BCUT2D eigenvalue weighted by Crippen LogP contribution is 2.09. The molecule has 1 saturated heterocycles. The van der Waals surface area contributed by atoms with Crippen LogP contribution in [0.3, 0.4) is 0 Å². The molecule has 0 spiro atoms. The highest BCUT2D eigenvalue weighted by molar-refractivity contribution is 7.09. The van der Waals surface area contributed by atoms with Crippen LogP contribution in [0.2, 0.25) is 0 Å². The Labute approximate surface area is 101 Å². The van der Waals surface area contributed by atoms with Crippen LogP contribution in [0.1, 0.15) is 17.1 Å². The van der Waals surface area contributed by atoms with E-state index in [2.05, 4.69) is 15.6 Å². The summed E-state index contributed by atoms with van der Waals surface area (Å²) in [6, 6.07) is -0.741. The Hall–Kier alpha value is -1.76. The van der Waals surface area contributed by atoms with E-state index in [1.54, 1.807) is 5.38 Å². The van der Waals surface area contributed by atoms with Crippen LogP contribution in [-0.2, 0) is 20.8 Å². The molecule has 6 nitrogen and oxygen atoms in total.